The van der Waals surface area contributed by atoms with Crippen LogP contribution in [0.3, 0.4) is 0 Å². The third-order valence-corrected chi connectivity index (χ3v) is 2.59. The van der Waals surface area contributed by atoms with Crippen LogP contribution in [0.5, 0.6) is 5.75 Å². The van der Waals surface area contributed by atoms with Gasteiger partial charge in [0.25, 0.3) is 0 Å². The lowest BCUT2D eigenvalue weighted by Crippen LogP contribution is -2.28. The topological polar surface area (TPSA) is 124 Å². The lowest BCUT2D eigenvalue weighted by molar-refractivity contribution is 0.0693. The highest BCUT2D eigenvalue weighted by molar-refractivity contribution is 5.97. The van der Waals surface area contributed by atoms with Gasteiger partial charge in [0.2, 0.25) is 0 Å². The van der Waals surface area contributed by atoms with Crippen molar-refractivity contribution < 1.29 is 19.8 Å². The Morgan fingerprint density at radius 1 is 1.24 bits per heavy atom. The molecule has 0 saturated carbocycles. The van der Waals surface area contributed by atoms with Crippen molar-refractivity contribution in [3.05, 3.63) is 48.0 Å². The molecule has 2 amide bonds. The Morgan fingerprint density at radius 2 is 2.05 bits per heavy atom. The molecule has 0 atom stereocenters. The Bertz CT molecular complexity index is 660. The van der Waals surface area contributed by atoms with Crippen LogP contribution in [-0.4, -0.2) is 32.2 Å². The number of anilines is 1. The minimum absolute atomic E-state index is 0.00934. The number of carbonyl (C=O) groups excluding carboxylic acids is 1. The van der Waals surface area contributed by atoms with Crippen LogP contribution >= 0.6 is 0 Å². The van der Waals surface area contributed by atoms with Crippen molar-refractivity contribution in [1.29, 1.82) is 0 Å². The number of carboxylic acid groups (broad SMARTS) is 1. The maximum Gasteiger partial charge on any atom is 0.339 e. The van der Waals surface area contributed by atoms with Gasteiger partial charge in [0.05, 0.1) is 17.9 Å². The van der Waals surface area contributed by atoms with Crippen molar-refractivity contribution in [3.63, 3.8) is 0 Å². The molecule has 0 radical (unpaired) electrons. The van der Waals surface area contributed by atoms with Gasteiger partial charge in [-0.1, -0.05) is 6.07 Å². The van der Waals surface area contributed by atoms with Gasteiger partial charge in [-0.3, -0.25) is 0 Å². The van der Waals surface area contributed by atoms with Crippen molar-refractivity contribution in [2.24, 2.45) is 0 Å². The molecule has 108 valence electrons. The average molecular weight is 288 g/mol. The molecule has 2 aromatic rings. The molecule has 1 aromatic heterocycles. The first kappa shape index (κ1) is 14.3. The van der Waals surface area contributed by atoms with E-state index in [4.69, 9.17) is 5.11 Å². The van der Waals surface area contributed by atoms with E-state index in [1.807, 2.05) is 0 Å². The fourth-order valence-electron chi connectivity index (χ4n) is 1.58. The summed E-state index contributed by atoms with van der Waals surface area (Å²) < 4.78 is 0. The van der Waals surface area contributed by atoms with Crippen LogP contribution in [-0.2, 0) is 6.54 Å². The molecular formula is C13H12N4O4. The molecule has 0 bridgehead atoms. The molecule has 21 heavy (non-hydrogen) atoms. The molecule has 2 rings (SSSR count). The Morgan fingerprint density at radius 3 is 2.71 bits per heavy atom. The Kier molecular flexibility index (Phi) is 4.30. The number of carboxylic acids is 1. The number of nitrogens with one attached hydrogen (secondary N) is 2. The van der Waals surface area contributed by atoms with E-state index in [9.17, 15) is 14.7 Å². The summed E-state index contributed by atoms with van der Waals surface area (Å²) in [6.45, 7) is 0.174. The van der Waals surface area contributed by atoms with Gasteiger partial charge in [-0.15, -0.1) is 0 Å². The van der Waals surface area contributed by atoms with E-state index in [-0.39, 0.29) is 17.8 Å². The SMILES string of the molecule is O=C(NCc1ccncn1)Nc1cccc(C(=O)O)c1O. The third-order valence-electron chi connectivity index (χ3n) is 2.59. The van der Waals surface area contributed by atoms with E-state index in [0.717, 1.165) is 0 Å². The van der Waals surface area contributed by atoms with Gasteiger partial charge < -0.3 is 20.8 Å². The molecule has 4 N–H and O–H groups in total. The summed E-state index contributed by atoms with van der Waals surface area (Å²) in [4.78, 5) is 30.2. The van der Waals surface area contributed by atoms with E-state index < -0.39 is 17.7 Å². The highest BCUT2D eigenvalue weighted by atomic mass is 16.4. The maximum atomic E-state index is 11.7. The molecule has 0 unspecified atom stereocenters. The predicted molar refractivity (Wildman–Crippen MR) is 73.0 cm³/mol. The maximum absolute atomic E-state index is 11.7. The van der Waals surface area contributed by atoms with Crippen LogP contribution in [0.25, 0.3) is 0 Å². The Labute approximate surface area is 119 Å². The van der Waals surface area contributed by atoms with Crippen molar-refractivity contribution in [3.8, 4) is 5.75 Å². The normalized spacial score (nSPS) is 9.90. The lowest BCUT2D eigenvalue weighted by Gasteiger charge is -2.10. The number of rotatable bonds is 4. The number of amides is 2. The first-order chi connectivity index (χ1) is 10.1. The zero-order chi connectivity index (χ0) is 15.2. The molecule has 0 saturated heterocycles. The first-order valence-corrected chi connectivity index (χ1v) is 5.93. The molecule has 0 spiro atoms. The van der Waals surface area contributed by atoms with Crippen LogP contribution in [0.15, 0.2) is 36.8 Å². The van der Waals surface area contributed by atoms with E-state index in [1.165, 1.54) is 24.5 Å². The smallest absolute Gasteiger partial charge is 0.339 e. The largest absolute Gasteiger partial charge is 0.505 e. The number of para-hydroxylation sites is 1. The zero-order valence-electron chi connectivity index (χ0n) is 10.8. The molecule has 1 aromatic carbocycles. The van der Waals surface area contributed by atoms with Gasteiger partial charge >= 0.3 is 12.0 Å². The summed E-state index contributed by atoms with van der Waals surface area (Å²) in [6, 6.07) is 5.10. The average Bonchev–Trinajstić information content (AvgIpc) is 2.48. The van der Waals surface area contributed by atoms with Crippen molar-refractivity contribution >= 4 is 17.7 Å². The van der Waals surface area contributed by atoms with Crippen LogP contribution in [0.1, 0.15) is 16.1 Å². The number of nitrogens with zero attached hydrogens (tertiary/aromatic N) is 2. The monoisotopic (exact) mass is 288 g/mol. The molecule has 0 aliphatic rings. The highest BCUT2D eigenvalue weighted by Crippen LogP contribution is 2.27. The number of aromatic carboxylic acids is 1. The Hall–Kier alpha value is -3.16. The summed E-state index contributed by atoms with van der Waals surface area (Å²) in [6.07, 6.45) is 2.90. The second-order valence-corrected chi connectivity index (χ2v) is 4.02. The molecule has 0 fully saturated rings. The first-order valence-electron chi connectivity index (χ1n) is 5.93. The third kappa shape index (κ3) is 3.66. The molecular weight excluding hydrogens is 276 g/mol. The number of aromatic nitrogens is 2. The number of carbonyl (C=O) groups is 2. The second-order valence-electron chi connectivity index (χ2n) is 4.02. The van der Waals surface area contributed by atoms with Crippen LogP contribution in [0.4, 0.5) is 10.5 Å². The van der Waals surface area contributed by atoms with Crippen molar-refractivity contribution in [1.82, 2.24) is 15.3 Å². The van der Waals surface area contributed by atoms with E-state index in [1.54, 1.807) is 12.3 Å². The number of urea groups is 1. The summed E-state index contributed by atoms with van der Waals surface area (Å²) in [5.74, 6) is -1.78. The summed E-state index contributed by atoms with van der Waals surface area (Å²) in [7, 11) is 0. The Balaban J connectivity index is 2.00. The van der Waals surface area contributed by atoms with E-state index >= 15 is 0 Å². The number of hydrogen-bond donors (Lipinski definition) is 4. The number of benzene rings is 1. The van der Waals surface area contributed by atoms with Crippen molar-refractivity contribution in [2.75, 3.05) is 5.32 Å². The minimum atomic E-state index is -1.28. The summed E-state index contributed by atoms with van der Waals surface area (Å²) >= 11 is 0. The molecule has 8 nitrogen and oxygen atoms in total. The molecule has 1 heterocycles. The van der Waals surface area contributed by atoms with E-state index in [0.29, 0.717) is 5.69 Å². The number of hydrogen-bond acceptors (Lipinski definition) is 5. The standard InChI is InChI=1S/C13H12N4O4/c18-11-9(12(19)20)2-1-3-10(11)17-13(21)15-6-8-4-5-14-7-16-8/h1-5,7,18H,6H2,(H,19,20)(H2,15,17,21). The van der Waals surface area contributed by atoms with Gasteiger partial charge in [0, 0.05) is 6.20 Å². The van der Waals surface area contributed by atoms with Gasteiger partial charge in [-0.25, -0.2) is 19.6 Å². The molecule has 0 aliphatic heterocycles. The fourth-order valence-corrected chi connectivity index (χ4v) is 1.58. The van der Waals surface area contributed by atoms with Gasteiger partial charge in [0.1, 0.15) is 11.9 Å². The van der Waals surface area contributed by atoms with E-state index in [2.05, 4.69) is 20.6 Å². The van der Waals surface area contributed by atoms with Gasteiger partial charge in [-0.05, 0) is 18.2 Å². The van der Waals surface area contributed by atoms with Gasteiger partial charge in [-0.2, -0.15) is 0 Å². The minimum Gasteiger partial charge on any atom is -0.505 e. The number of aromatic hydroxyl groups is 1. The fraction of sp³-hybridized carbons (Fsp3) is 0.0769. The lowest BCUT2D eigenvalue weighted by atomic mass is 10.2. The van der Waals surface area contributed by atoms with Crippen LogP contribution < -0.4 is 10.6 Å². The van der Waals surface area contributed by atoms with Crippen LogP contribution in [0.2, 0.25) is 0 Å². The molecule has 8 heteroatoms. The van der Waals surface area contributed by atoms with Gasteiger partial charge in [0.15, 0.2) is 5.75 Å². The number of phenols is 1. The van der Waals surface area contributed by atoms with Crippen molar-refractivity contribution in [2.45, 2.75) is 6.54 Å². The molecule has 0 aliphatic carbocycles. The highest BCUT2D eigenvalue weighted by Gasteiger charge is 2.14. The summed E-state index contributed by atoms with van der Waals surface area (Å²) in [5.41, 5.74) is 0.336. The zero-order valence-corrected chi connectivity index (χ0v) is 10.8. The quantitative estimate of drug-likeness (QED) is 0.627. The second kappa shape index (κ2) is 6.33. The van der Waals surface area contributed by atoms with Crippen LogP contribution in [0, 0.1) is 0 Å². The predicted octanol–water partition coefficient (Wildman–Crippen LogP) is 1.20. The summed E-state index contributed by atoms with van der Waals surface area (Å²) in [5, 5.41) is 23.5.